The molecule has 8 heteroatoms. The number of carbonyl (C=O) groups is 1. The molecular formula is C20H21ClN2O4S. The molecule has 0 bridgehead atoms. The molecule has 28 heavy (non-hydrogen) atoms. The number of methoxy groups -OCH3 is 1. The lowest BCUT2D eigenvalue weighted by atomic mass is 10.0. The first-order valence-corrected chi connectivity index (χ1v) is 11.2. The molecule has 0 N–H and O–H groups in total. The van der Waals surface area contributed by atoms with Crippen molar-refractivity contribution in [2.24, 2.45) is 0 Å². The monoisotopic (exact) mass is 420 g/mol. The zero-order chi connectivity index (χ0) is 19.9. The van der Waals surface area contributed by atoms with Crippen LogP contribution in [0, 0.1) is 0 Å². The maximum absolute atomic E-state index is 13.0. The number of carbonyl (C=O) groups excluding carboxylic acids is 1. The van der Waals surface area contributed by atoms with Gasteiger partial charge in [-0.25, -0.2) is 8.42 Å². The molecule has 2 saturated heterocycles. The van der Waals surface area contributed by atoms with Crippen molar-refractivity contribution < 1.29 is 17.9 Å². The van der Waals surface area contributed by atoms with Crippen molar-refractivity contribution in [1.29, 1.82) is 0 Å². The smallest absolute Gasteiger partial charge is 0.241 e. The summed E-state index contributed by atoms with van der Waals surface area (Å²) in [6.07, 6.45) is 0. The Labute approximate surface area is 169 Å². The van der Waals surface area contributed by atoms with E-state index in [1.54, 1.807) is 42.3 Å². The van der Waals surface area contributed by atoms with Gasteiger partial charge >= 0.3 is 0 Å². The van der Waals surface area contributed by atoms with Gasteiger partial charge in [-0.2, -0.15) is 0 Å². The van der Waals surface area contributed by atoms with Crippen LogP contribution in [0.2, 0.25) is 5.02 Å². The molecular weight excluding hydrogens is 400 g/mol. The van der Waals surface area contributed by atoms with Gasteiger partial charge in [0.1, 0.15) is 5.75 Å². The van der Waals surface area contributed by atoms with Gasteiger partial charge in [0.15, 0.2) is 9.84 Å². The van der Waals surface area contributed by atoms with Gasteiger partial charge in [0.05, 0.1) is 31.2 Å². The van der Waals surface area contributed by atoms with E-state index >= 15 is 0 Å². The third-order valence-corrected chi connectivity index (χ3v) is 7.45. The van der Waals surface area contributed by atoms with Gasteiger partial charge in [-0.05, 0) is 35.9 Å². The molecule has 2 aromatic carbocycles. The molecule has 2 heterocycles. The number of rotatable bonds is 4. The number of piperazine rings is 1. The molecule has 0 aliphatic carbocycles. The second-order valence-corrected chi connectivity index (χ2v) is 9.73. The number of hydrogen-bond donors (Lipinski definition) is 0. The summed E-state index contributed by atoms with van der Waals surface area (Å²) in [7, 11) is -1.66. The van der Waals surface area contributed by atoms with Crippen molar-refractivity contribution in [2.75, 3.05) is 30.1 Å². The minimum Gasteiger partial charge on any atom is -0.497 e. The highest BCUT2D eigenvalue weighted by molar-refractivity contribution is 7.91. The quantitative estimate of drug-likeness (QED) is 0.759. The van der Waals surface area contributed by atoms with Crippen molar-refractivity contribution in [3.63, 3.8) is 0 Å². The summed E-state index contributed by atoms with van der Waals surface area (Å²) in [4.78, 5) is 16.6. The van der Waals surface area contributed by atoms with E-state index in [4.69, 9.17) is 16.3 Å². The van der Waals surface area contributed by atoms with Gasteiger partial charge in [0, 0.05) is 23.3 Å². The van der Waals surface area contributed by atoms with E-state index in [9.17, 15) is 13.2 Å². The molecule has 2 atom stereocenters. The number of ether oxygens (including phenoxy) is 1. The third kappa shape index (κ3) is 3.62. The maximum Gasteiger partial charge on any atom is 0.241 e. The maximum atomic E-state index is 13.0. The first-order valence-electron chi connectivity index (χ1n) is 9.02. The molecule has 148 valence electrons. The predicted molar refractivity (Wildman–Crippen MR) is 109 cm³/mol. The lowest BCUT2D eigenvalue weighted by molar-refractivity contribution is -0.123. The van der Waals surface area contributed by atoms with E-state index < -0.39 is 15.9 Å². The van der Waals surface area contributed by atoms with Crippen LogP contribution in [0.25, 0.3) is 0 Å². The second-order valence-electron chi connectivity index (χ2n) is 7.17. The molecule has 1 amide bonds. The van der Waals surface area contributed by atoms with Gasteiger partial charge < -0.3 is 9.64 Å². The van der Waals surface area contributed by atoms with Crippen LogP contribution in [0.4, 0.5) is 5.69 Å². The summed E-state index contributed by atoms with van der Waals surface area (Å²) in [6, 6.07) is 13.9. The Kier molecular flexibility index (Phi) is 5.07. The molecule has 0 spiro atoms. The third-order valence-electron chi connectivity index (χ3n) is 5.38. The number of benzene rings is 2. The van der Waals surface area contributed by atoms with E-state index in [1.165, 1.54) is 0 Å². The number of nitrogens with zero attached hydrogens (tertiary/aromatic N) is 2. The fourth-order valence-corrected chi connectivity index (χ4v) is 6.23. The van der Waals surface area contributed by atoms with Crippen molar-refractivity contribution in [3.05, 3.63) is 59.1 Å². The zero-order valence-corrected chi connectivity index (χ0v) is 17.0. The summed E-state index contributed by atoms with van der Waals surface area (Å²) in [5.41, 5.74) is 1.58. The lowest BCUT2D eigenvalue weighted by Crippen LogP contribution is -2.61. The van der Waals surface area contributed by atoms with Crippen LogP contribution in [0.3, 0.4) is 0 Å². The lowest BCUT2D eigenvalue weighted by Gasteiger charge is -2.43. The van der Waals surface area contributed by atoms with Crippen molar-refractivity contribution in [1.82, 2.24) is 4.90 Å². The highest BCUT2D eigenvalue weighted by atomic mass is 35.5. The largest absolute Gasteiger partial charge is 0.497 e. The van der Waals surface area contributed by atoms with Gasteiger partial charge in [-0.15, -0.1) is 0 Å². The fourth-order valence-electron chi connectivity index (χ4n) is 4.05. The normalized spacial score (nSPS) is 24.2. The minimum absolute atomic E-state index is 0.0333. The molecule has 0 aromatic heterocycles. The van der Waals surface area contributed by atoms with Crippen molar-refractivity contribution in [2.45, 2.75) is 18.6 Å². The number of halogens is 1. The molecule has 0 saturated carbocycles. The summed E-state index contributed by atoms with van der Waals surface area (Å²) in [5, 5.41) is 0.616. The van der Waals surface area contributed by atoms with Crippen LogP contribution in [0.1, 0.15) is 5.56 Å². The number of sulfone groups is 1. The summed E-state index contributed by atoms with van der Waals surface area (Å²) < 4.78 is 30.0. The first kappa shape index (κ1) is 19.2. The highest BCUT2D eigenvalue weighted by Gasteiger charge is 2.49. The van der Waals surface area contributed by atoms with Gasteiger partial charge in [-0.1, -0.05) is 29.8 Å². The van der Waals surface area contributed by atoms with Crippen LogP contribution in [-0.4, -0.2) is 56.5 Å². The molecule has 0 unspecified atom stereocenters. The topological polar surface area (TPSA) is 66.9 Å². The molecule has 2 aromatic rings. The van der Waals surface area contributed by atoms with E-state index in [2.05, 4.69) is 0 Å². The predicted octanol–water partition coefficient (Wildman–Crippen LogP) is 2.36. The molecule has 2 aliphatic rings. The highest BCUT2D eigenvalue weighted by Crippen LogP contribution is 2.33. The molecule has 2 fully saturated rings. The van der Waals surface area contributed by atoms with E-state index in [0.717, 1.165) is 5.56 Å². The van der Waals surface area contributed by atoms with Crippen LogP contribution >= 0.6 is 11.6 Å². The Bertz CT molecular complexity index is 994. The molecule has 4 rings (SSSR count). The zero-order valence-electron chi connectivity index (χ0n) is 15.4. The van der Waals surface area contributed by atoms with Crippen LogP contribution in [0.15, 0.2) is 48.5 Å². The first-order chi connectivity index (χ1) is 13.4. The van der Waals surface area contributed by atoms with Gasteiger partial charge in [0.2, 0.25) is 5.91 Å². The Morgan fingerprint density at radius 1 is 1.07 bits per heavy atom. The number of fused-ring (bicyclic) bond motifs is 1. The van der Waals surface area contributed by atoms with Gasteiger partial charge in [0.25, 0.3) is 0 Å². The molecule has 0 radical (unpaired) electrons. The van der Waals surface area contributed by atoms with E-state index in [1.807, 2.05) is 23.1 Å². The Morgan fingerprint density at radius 2 is 1.75 bits per heavy atom. The Hall–Kier alpha value is -2.09. The average Bonchev–Trinajstić information content (AvgIpc) is 2.99. The average molecular weight is 421 g/mol. The minimum atomic E-state index is -3.23. The SMILES string of the molecule is COc1ccc(N2C(=O)CN(Cc3ccccc3Cl)[C@H]3CS(=O)(=O)C[C@H]32)cc1. The number of amides is 1. The van der Waals surface area contributed by atoms with E-state index in [0.29, 0.717) is 23.0 Å². The number of hydrogen-bond acceptors (Lipinski definition) is 5. The van der Waals surface area contributed by atoms with Gasteiger partial charge in [-0.3, -0.25) is 9.69 Å². The summed E-state index contributed by atoms with van der Waals surface area (Å²) >= 11 is 6.28. The van der Waals surface area contributed by atoms with Crippen molar-refractivity contribution in [3.8, 4) is 5.75 Å². The van der Waals surface area contributed by atoms with Crippen LogP contribution in [0.5, 0.6) is 5.75 Å². The standard InChI is InChI=1S/C20H21ClN2O4S/c1-27-16-8-6-15(7-9-16)23-19-13-28(25,26)12-18(19)22(11-20(23)24)10-14-4-2-3-5-17(14)21/h2-9,18-19H,10-13H2,1H3/t18-,19+/m0/s1. The Balaban J connectivity index is 1.66. The van der Waals surface area contributed by atoms with Crippen LogP contribution in [-0.2, 0) is 21.2 Å². The van der Waals surface area contributed by atoms with Crippen LogP contribution < -0.4 is 9.64 Å². The number of anilines is 1. The molecule has 2 aliphatic heterocycles. The summed E-state index contributed by atoms with van der Waals surface area (Å²) in [6.45, 7) is 0.590. The van der Waals surface area contributed by atoms with Crippen molar-refractivity contribution >= 4 is 33.0 Å². The fraction of sp³-hybridized carbons (Fsp3) is 0.350. The Morgan fingerprint density at radius 3 is 2.43 bits per heavy atom. The molecule has 6 nitrogen and oxygen atoms in total. The second kappa shape index (κ2) is 7.39. The van der Waals surface area contributed by atoms with E-state index in [-0.39, 0.29) is 30.0 Å². The summed E-state index contributed by atoms with van der Waals surface area (Å²) in [5.74, 6) is 0.580.